The molecule has 2 aromatic rings. The number of carbonyl (C=O) groups excluding carboxylic acids is 4. The van der Waals surface area contributed by atoms with Crippen molar-refractivity contribution in [2.45, 2.75) is 70.8 Å². The number of amides is 4. The van der Waals surface area contributed by atoms with Crippen molar-refractivity contribution < 1.29 is 41.8 Å². The first kappa shape index (κ1) is 36.4. The highest BCUT2D eigenvalue weighted by molar-refractivity contribution is 6.07. The lowest BCUT2D eigenvalue weighted by atomic mass is 9.86. The quantitative estimate of drug-likeness (QED) is 0.301. The highest BCUT2D eigenvalue weighted by Crippen LogP contribution is 2.33. The lowest BCUT2D eigenvalue weighted by Gasteiger charge is -2.33. The molecule has 1 saturated carbocycles. The minimum absolute atomic E-state index is 0.0235. The highest BCUT2D eigenvalue weighted by atomic mass is 19.3. The van der Waals surface area contributed by atoms with E-state index in [9.17, 15) is 19.2 Å². The van der Waals surface area contributed by atoms with E-state index in [0.29, 0.717) is 69.0 Å². The molecule has 0 bridgehead atoms. The lowest BCUT2D eigenvalue weighted by molar-refractivity contribution is -0.146. The van der Waals surface area contributed by atoms with Crippen molar-refractivity contribution in [1.29, 1.82) is 0 Å². The second kappa shape index (κ2) is 16.1. The van der Waals surface area contributed by atoms with Gasteiger partial charge in [0.05, 0.1) is 37.8 Å². The first-order chi connectivity index (χ1) is 22.8. The average Bonchev–Trinajstić information content (AvgIpc) is 3.10. The van der Waals surface area contributed by atoms with Gasteiger partial charge in [0.15, 0.2) is 0 Å². The van der Waals surface area contributed by atoms with Crippen molar-refractivity contribution in [3.8, 4) is 5.75 Å². The number of anilines is 1. The molecule has 48 heavy (non-hydrogen) atoms. The van der Waals surface area contributed by atoms with Crippen molar-refractivity contribution in [2.75, 3.05) is 38.7 Å². The van der Waals surface area contributed by atoms with Crippen LogP contribution in [0.3, 0.4) is 0 Å². The number of ether oxygens (including phenoxy) is 2. The minimum atomic E-state index is -4.07. The monoisotopic (exact) mass is 673 g/mol. The largest absolute Gasteiger partial charge is 0.495 e. The molecule has 14 heteroatoms. The Morgan fingerprint density at radius 1 is 1.10 bits per heavy atom. The topological polar surface area (TPSA) is 139 Å². The Morgan fingerprint density at radius 3 is 2.42 bits per heavy atom. The third kappa shape index (κ3) is 8.71. The number of rotatable bonds is 11. The third-order valence-electron chi connectivity index (χ3n) is 8.79. The van der Waals surface area contributed by atoms with Gasteiger partial charge in [0.2, 0.25) is 11.8 Å². The number of carbonyl (C=O) groups is 4. The van der Waals surface area contributed by atoms with E-state index in [-0.39, 0.29) is 35.4 Å². The number of morpholine rings is 1. The van der Waals surface area contributed by atoms with Crippen LogP contribution in [0, 0.1) is 11.7 Å². The van der Waals surface area contributed by atoms with E-state index in [1.807, 2.05) is 6.92 Å². The molecular formula is C34H42F3N5O6. The fourth-order valence-electron chi connectivity index (χ4n) is 5.64. The summed E-state index contributed by atoms with van der Waals surface area (Å²) in [4.78, 5) is 57.5. The molecule has 0 unspecified atom stereocenters. The van der Waals surface area contributed by atoms with E-state index in [0.717, 1.165) is 18.3 Å². The van der Waals surface area contributed by atoms with Gasteiger partial charge in [-0.25, -0.2) is 4.39 Å². The number of methoxy groups -OCH3 is 1. The molecule has 1 aromatic heterocycles. The van der Waals surface area contributed by atoms with Gasteiger partial charge in [-0.2, -0.15) is 8.78 Å². The van der Waals surface area contributed by atoms with Gasteiger partial charge in [-0.05, 0) is 60.9 Å². The zero-order chi connectivity index (χ0) is 35.0. The summed E-state index contributed by atoms with van der Waals surface area (Å²) in [6, 6.07) is 3.96. The smallest absolute Gasteiger partial charge is 0.351 e. The Balaban J connectivity index is 1.57. The van der Waals surface area contributed by atoms with Crippen LogP contribution < -0.4 is 20.7 Å². The highest BCUT2D eigenvalue weighted by Gasteiger charge is 2.43. The number of aromatic nitrogens is 1. The molecule has 11 nitrogen and oxygen atoms in total. The van der Waals surface area contributed by atoms with Crippen LogP contribution >= 0.6 is 0 Å². The second-order valence-electron chi connectivity index (χ2n) is 12.1. The number of nitrogens with one attached hydrogen (secondary N) is 3. The zero-order valence-electron chi connectivity index (χ0n) is 27.5. The number of alkyl halides is 2. The number of nitrogens with zero attached hydrogens (tertiary/aromatic N) is 2. The maximum absolute atomic E-state index is 15.6. The summed E-state index contributed by atoms with van der Waals surface area (Å²) in [7, 11) is 1.27. The van der Waals surface area contributed by atoms with Crippen LogP contribution in [-0.2, 0) is 29.8 Å². The number of hydrogen-bond acceptors (Lipinski definition) is 7. The SMILES string of the molecule is CCC(=O)N[C@@H](C(=O)N1CCOCC1)[C@@H](C)c1ccc(NC(=O)C(NC(=O)C(F)(F)c2cncc(OC)c2)=C2CCC(C)CC2)c(F)c1. The molecule has 0 spiro atoms. The lowest BCUT2D eigenvalue weighted by Crippen LogP contribution is -2.53. The Morgan fingerprint density at radius 2 is 1.79 bits per heavy atom. The van der Waals surface area contributed by atoms with Crippen LogP contribution in [0.5, 0.6) is 5.75 Å². The number of allylic oxidation sites excluding steroid dienone is 1. The average molecular weight is 674 g/mol. The van der Waals surface area contributed by atoms with Crippen molar-refractivity contribution in [3.05, 3.63) is 64.9 Å². The maximum Gasteiger partial charge on any atom is 0.351 e. The summed E-state index contributed by atoms with van der Waals surface area (Å²) >= 11 is 0. The summed E-state index contributed by atoms with van der Waals surface area (Å²) in [5.74, 6) is -8.57. The van der Waals surface area contributed by atoms with Crippen LogP contribution in [0.15, 0.2) is 47.9 Å². The predicted molar refractivity (Wildman–Crippen MR) is 171 cm³/mol. The van der Waals surface area contributed by atoms with Gasteiger partial charge in [-0.3, -0.25) is 24.2 Å². The summed E-state index contributed by atoms with van der Waals surface area (Å²) in [5, 5.41) is 7.30. The molecule has 2 atom stereocenters. The minimum Gasteiger partial charge on any atom is -0.495 e. The van der Waals surface area contributed by atoms with Gasteiger partial charge >= 0.3 is 5.92 Å². The molecule has 1 aliphatic heterocycles. The Kier molecular flexibility index (Phi) is 12.2. The van der Waals surface area contributed by atoms with E-state index in [1.54, 1.807) is 18.7 Å². The van der Waals surface area contributed by atoms with Gasteiger partial charge in [0, 0.05) is 31.6 Å². The number of halogens is 3. The normalized spacial score (nSPS) is 17.9. The van der Waals surface area contributed by atoms with Crippen molar-refractivity contribution in [2.24, 2.45) is 5.92 Å². The molecule has 4 amide bonds. The van der Waals surface area contributed by atoms with E-state index in [4.69, 9.17) is 9.47 Å². The van der Waals surface area contributed by atoms with Crippen LogP contribution in [0.1, 0.15) is 69.9 Å². The number of pyridine rings is 1. The van der Waals surface area contributed by atoms with E-state index >= 15 is 13.2 Å². The summed E-state index contributed by atoms with van der Waals surface area (Å²) in [6.07, 6.45) is 4.33. The molecule has 1 aliphatic carbocycles. The molecule has 1 saturated heterocycles. The van der Waals surface area contributed by atoms with E-state index < -0.39 is 41.1 Å². The fraction of sp³-hybridized carbons (Fsp3) is 0.500. The van der Waals surface area contributed by atoms with Gasteiger partial charge in [-0.1, -0.05) is 26.8 Å². The van der Waals surface area contributed by atoms with Crippen LogP contribution in [0.25, 0.3) is 0 Å². The van der Waals surface area contributed by atoms with Crippen molar-refractivity contribution in [3.63, 3.8) is 0 Å². The van der Waals surface area contributed by atoms with Gasteiger partial charge < -0.3 is 30.3 Å². The van der Waals surface area contributed by atoms with Crippen LogP contribution in [-0.4, -0.2) is 73.0 Å². The molecule has 3 N–H and O–H groups in total. The number of benzene rings is 1. The Hall–Kier alpha value is -4.46. The van der Waals surface area contributed by atoms with Gasteiger partial charge in [-0.15, -0.1) is 0 Å². The summed E-state index contributed by atoms with van der Waals surface area (Å²) in [6.45, 7) is 6.83. The van der Waals surface area contributed by atoms with Crippen LogP contribution in [0.2, 0.25) is 0 Å². The van der Waals surface area contributed by atoms with Crippen molar-refractivity contribution >= 4 is 29.3 Å². The molecule has 2 heterocycles. The van der Waals surface area contributed by atoms with E-state index in [2.05, 4.69) is 20.9 Å². The molecule has 1 aromatic carbocycles. The standard InChI is InChI=1S/C34H42F3N5O6/c1-5-28(43)40-29(32(45)42-12-14-48-15-13-42)21(3)23-10-11-27(26(35)16-23)39-31(44)30(22-8-6-20(2)7-9-22)41-33(46)34(36,37)24-17-25(47-4)19-38-18-24/h10-11,16-21,29H,5-9,12-15H2,1-4H3,(H,39,44)(H,40,43)(H,41,46)/t20?,21-,29+/m0/s1. The molecule has 2 aliphatic rings. The summed E-state index contributed by atoms with van der Waals surface area (Å²) < 4.78 is 56.4. The molecular weight excluding hydrogens is 631 g/mol. The molecule has 2 fully saturated rings. The maximum atomic E-state index is 15.6. The Labute approximate surface area is 277 Å². The Bertz CT molecular complexity index is 1530. The molecule has 0 radical (unpaired) electrons. The van der Waals surface area contributed by atoms with Crippen molar-refractivity contribution in [1.82, 2.24) is 20.5 Å². The van der Waals surface area contributed by atoms with E-state index in [1.165, 1.54) is 25.4 Å². The van der Waals surface area contributed by atoms with Gasteiger partial charge in [0.25, 0.3) is 11.8 Å². The third-order valence-corrected chi connectivity index (χ3v) is 8.79. The van der Waals surface area contributed by atoms with Gasteiger partial charge in [0.1, 0.15) is 23.3 Å². The number of hydrogen-bond donors (Lipinski definition) is 3. The molecule has 4 rings (SSSR count). The summed E-state index contributed by atoms with van der Waals surface area (Å²) in [5.41, 5.74) is -0.492. The zero-order valence-corrected chi connectivity index (χ0v) is 27.5. The first-order valence-electron chi connectivity index (χ1n) is 16.0. The first-order valence-corrected chi connectivity index (χ1v) is 16.0. The predicted octanol–water partition coefficient (Wildman–Crippen LogP) is 4.40. The molecule has 260 valence electrons. The van der Waals surface area contributed by atoms with Crippen LogP contribution in [0.4, 0.5) is 18.9 Å². The second-order valence-corrected chi connectivity index (χ2v) is 12.1. The fourth-order valence-corrected chi connectivity index (χ4v) is 5.64.